The first-order chi connectivity index (χ1) is 13.7. The molecule has 3 rings (SSSR count). The van der Waals surface area contributed by atoms with Crippen LogP contribution in [0.3, 0.4) is 0 Å². The minimum Gasteiger partial charge on any atom is -0.326 e. The molecular formula is C22H27ClN2O3S. The summed E-state index contributed by atoms with van der Waals surface area (Å²) >= 11 is 5.87. The van der Waals surface area contributed by atoms with Crippen LogP contribution in [0.2, 0.25) is 5.02 Å². The van der Waals surface area contributed by atoms with Gasteiger partial charge in [0.1, 0.15) is 0 Å². The van der Waals surface area contributed by atoms with Gasteiger partial charge in [-0.15, -0.1) is 0 Å². The lowest BCUT2D eigenvalue weighted by Crippen LogP contribution is -2.44. The lowest BCUT2D eigenvalue weighted by molar-refractivity contribution is -0.120. The maximum atomic E-state index is 12.8. The van der Waals surface area contributed by atoms with E-state index in [0.29, 0.717) is 35.9 Å². The molecule has 1 saturated heterocycles. The number of nitrogens with zero attached hydrogens (tertiary/aromatic N) is 1. The van der Waals surface area contributed by atoms with E-state index in [2.05, 4.69) is 19.2 Å². The average Bonchev–Trinajstić information content (AvgIpc) is 2.70. The minimum atomic E-state index is -3.49. The van der Waals surface area contributed by atoms with Gasteiger partial charge >= 0.3 is 0 Å². The maximum absolute atomic E-state index is 12.8. The van der Waals surface area contributed by atoms with Crippen LogP contribution in [0.1, 0.15) is 43.7 Å². The summed E-state index contributed by atoms with van der Waals surface area (Å²) in [5.41, 5.74) is 2.63. The molecule has 0 radical (unpaired) electrons. The first kappa shape index (κ1) is 21.8. The van der Waals surface area contributed by atoms with Crippen molar-refractivity contribution in [3.05, 3.63) is 64.7 Å². The van der Waals surface area contributed by atoms with E-state index in [1.54, 1.807) is 24.3 Å². The van der Waals surface area contributed by atoms with E-state index < -0.39 is 10.0 Å². The van der Waals surface area contributed by atoms with E-state index in [0.717, 1.165) is 5.69 Å². The van der Waals surface area contributed by atoms with Crippen LogP contribution in [0, 0.1) is 5.92 Å². The summed E-state index contributed by atoms with van der Waals surface area (Å²) < 4.78 is 27.1. The van der Waals surface area contributed by atoms with Crippen molar-refractivity contribution in [1.82, 2.24) is 4.31 Å². The molecule has 1 heterocycles. The second-order valence-electron chi connectivity index (χ2n) is 7.85. The molecule has 0 aromatic heterocycles. The largest absolute Gasteiger partial charge is 0.326 e. The molecular weight excluding hydrogens is 408 g/mol. The van der Waals surface area contributed by atoms with Crippen molar-refractivity contribution in [3.63, 3.8) is 0 Å². The normalized spacial score (nSPS) is 18.0. The number of hydrogen-bond acceptors (Lipinski definition) is 3. The van der Waals surface area contributed by atoms with Crippen molar-refractivity contribution in [2.75, 3.05) is 18.4 Å². The molecule has 1 aliphatic heterocycles. The van der Waals surface area contributed by atoms with Crippen molar-refractivity contribution in [3.8, 4) is 0 Å². The van der Waals surface area contributed by atoms with Crippen LogP contribution in [0.25, 0.3) is 0 Å². The number of hydrogen-bond donors (Lipinski definition) is 1. The Labute approximate surface area is 178 Å². The Kier molecular flexibility index (Phi) is 6.98. The lowest BCUT2D eigenvalue weighted by Gasteiger charge is -2.31. The quantitative estimate of drug-likeness (QED) is 0.719. The maximum Gasteiger partial charge on any atom is 0.228 e. The van der Waals surface area contributed by atoms with Crippen LogP contribution in [0.5, 0.6) is 0 Å². The molecule has 1 N–H and O–H groups in total. The van der Waals surface area contributed by atoms with E-state index >= 15 is 0 Å². The van der Waals surface area contributed by atoms with E-state index in [1.165, 1.54) is 9.87 Å². The zero-order valence-corrected chi connectivity index (χ0v) is 18.3. The summed E-state index contributed by atoms with van der Waals surface area (Å²) in [4.78, 5) is 12.7. The number of carbonyl (C=O) groups excluding carboxylic acids is 1. The molecule has 2 aromatic rings. The van der Waals surface area contributed by atoms with Gasteiger partial charge in [0.05, 0.1) is 11.7 Å². The van der Waals surface area contributed by atoms with Gasteiger partial charge < -0.3 is 5.32 Å². The van der Waals surface area contributed by atoms with E-state index in [1.807, 2.05) is 24.3 Å². The second kappa shape index (κ2) is 9.28. The fraction of sp³-hybridized carbons (Fsp3) is 0.409. The van der Waals surface area contributed by atoms with Crippen molar-refractivity contribution in [1.29, 1.82) is 0 Å². The Bertz CT molecular complexity index is 941. The Morgan fingerprint density at radius 2 is 1.79 bits per heavy atom. The van der Waals surface area contributed by atoms with Gasteiger partial charge in [-0.1, -0.05) is 49.7 Å². The monoisotopic (exact) mass is 434 g/mol. The lowest BCUT2D eigenvalue weighted by atomic mass is 9.98. The SMILES string of the molecule is CC(C)c1ccc(NC(=O)[C@H]2CCCN(S(=O)(=O)Cc3ccc(Cl)cc3)C2)cc1. The van der Waals surface area contributed by atoms with E-state index in [9.17, 15) is 13.2 Å². The highest BCUT2D eigenvalue weighted by Crippen LogP contribution is 2.24. The first-order valence-electron chi connectivity index (χ1n) is 9.87. The molecule has 1 aliphatic rings. The molecule has 0 spiro atoms. The second-order valence-corrected chi connectivity index (χ2v) is 10.3. The standard InChI is InChI=1S/C22H27ClN2O3S/c1-16(2)18-7-11-21(12-8-18)24-22(26)19-4-3-13-25(14-19)29(27,28)15-17-5-9-20(23)10-6-17/h5-12,16,19H,3-4,13-15H2,1-2H3,(H,24,26)/t19-/m0/s1. The van der Waals surface area contributed by atoms with Crippen molar-refractivity contribution in [2.45, 2.75) is 38.4 Å². The Hall–Kier alpha value is -1.89. The van der Waals surface area contributed by atoms with Gasteiger partial charge in [-0.3, -0.25) is 4.79 Å². The molecule has 156 valence electrons. The number of amides is 1. The number of carbonyl (C=O) groups is 1. The molecule has 1 atom stereocenters. The third-order valence-corrected chi connectivity index (χ3v) is 7.32. The van der Waals surface area contributed by atoms with Crippen molar-refractivity contribution in [2.24, 2.45) is 5.92 Å². The average molecular weight is 435 g/mol. The van der Waals surface area contributed by atoms with Gasteiger partial charge in [0.2, 0.25) is 15.9 Å². The smallest absolute Gasteiger partial charge is 0.228 e. The summed E-state index contributed by atoms with van der Waals surface area (Å²) in [5.74, 6) is -0.144. The van der Waals surface area contributed by atoms with Crippen LogP contribution >= 0.6 is 11.6 Å². The van der Waals surface area contributed by atoms with Crippen molar-refractivity contribution >= 4 is 33.2 Å². The van der Waals surface area contributed by atoms with Gasteiger partial charge in [-0.05, 0) is 54.2 Å². The van der Waals surface area contributed by atoms with E-state index in [4.69, 9.17) is 11.6 Å². The Morgan fingerprint density at radius 3 is 2.41 bits per heavy atom. The summed E-state index contributed by atoms with van der Waals surface area (Å²) in [5, 5.41) is 3.50. The number of anilines is 1. The summed E-state index contributed by atoms with van der Waals surface area (Å²) in [7, 11) is -3.49. The highest BCUT2D eigenvalue weighted by Gasteiger charge is 2.32. The highest BCUT2D eigenvalue weighted by atomic mass is 35.5. The third-order valence-electron chi connectivity index (χ3n) is 5.26. The summed E-state index contributed by atoms with van der Waals surface area (Å²) in [6.45, 7) is 4.90. The molecule has 5 nitrogen and oxygen atoms in total. The van der Waals surface area contributed by atoms with Crippen LogP contribution in [-0.4, -0.2) is 31.7 Å². The predicted molar refractivity (Wildman–Crippen MR) is 118 cm³/mol. The van der Waals surface area contributed by atoms with Gasteiger partial charge in [-0.2, -0.15) is 0 Å². The molecule has 1 fully saturated rings. The summed E-state index contributed by atoms with van der Waals surface area (Å²) in [6.07, 6.45) is 1.35. The molecule has 0 saturated carbocycles. The zero-order valence-electron chi connectivity index (χ0n) is 16.8. The topological polar surface area (TPSA) is 66.5 Å². The van der Waals surface area contributed by atoms with Crippen molar-refractivity contribution < 1.29 is 13.2 Å². The number of rotatable bonds is 6. The Morgan fingerprint density at radius 1 is 1.14 bits per heavy atom. The number of benzene rings is 2. The number of nitrogens with one attached hydrogen (secondary N) is 1. The zero-order chi connectivity index (χ0) is 21.0. The first-order valence-corrected chi connectivity index (χ1v) is 11.9. The molecule has 0 bridgehead atoms. The van der Waals surface area contributed by atoms with Crippen LogP contribution < -0.4 is 5.32 Å². The fourth-order valence-electron chi connectivity index (χ4n) is 3.49. The van der Waals surface area contributed by atoms with Gasteiger partial charge in [0.15, 0.2) is 0 Å². The van der Waals surface area contributed by atoms with E-state index in [-0.39, 0.29) is 24.1 Å². The minimum absolute atomic E-state index is 0.0881. The van der Waals surface area contributed by atoms with Crippen LogP contribution in [0.15, 0.2) is 48.5 Å². The molecule has 29 heavy (non-hydrogen) atoms. The van der Waals surface area contributed by atoms with Gasteiger partial charge in [0.25, 0.3) is 0 Å². The Balaban J connectivity index is 1.63. The fourth-order valence-corrected chi connectivity index (χ4v) is 5.22. The molecule has 0 unspecified atom stereocenters. The van der Waals surface area contributed by atoms with Crippen LogP contribution in [-0.2, 0) is 20.6 Å². The highest BCUT2D eigenvalue weighted by molar-refractivity contribution is 7.88. The number of halogens is 1. The number of sulfonamides is 1. The van der Waals surface area contributed by atoms with Gasteiger partial charge in [0, 0.05) is 23.8 Å². The molecule has 0 aliphatic carbocycles. The molecule has 7 heteroatoms. The number of piperidine rings is 1. The third kappa shape index (κ3) is 5.81. The van der Waals surface area contributed by atoms with Crippen LogP contribution in [0.4, 0.5) is 5.69 Å². The molecule has 2 aromatic carbocycles. The summed E-state index contributed by atoms with van der Waals surface area (Å²) in [6, 6.07) is 14.6. The predicted octanol–water partition coefficient (Wildman–Crippen LogP) is 4.64. The van der Waals surface area contributed by atoms with Gasteiger partial charge in [-0.25, -0.2) is 12.7 Å². The molecule has 1 amide bonds.